The quantitative estimate of drug-likeness (QED) is 0.414. The van der Waals surface area contributed by atoms with E-state index < -0.39 is 15.7 Å². The molecule has 0 N–H and O–H groups in total. The van der Waals surface area contributed by atoms with Crippen LogP contribution < -0.4 is 0 Å². The molecule has 2 aromatic carbocycles. The highest BCUT2D eigenvalue weighted by molar-refractivity contribution is 7.91. The van der Waals surface area contributed by atoms with Gasteiger partial charge >= 0.3 is 0 Å². The average Bonchev–Trinajstić information content (AvgIpc) is 3.47. The maximum atomic E-state index is 13.2. The average molecular weight is 436 g/mol. The van der Waals surface area contributed by atoms with Crippen LogP contribution in [0.5, 0.6) is 0 Å². The molecule has 0 saturated carbocycles. The van der Waals surface area contributed by atoms with E-state index in [0.29, 0.717) is 12.3 Å². The van der Waals surface area contributed by atoms with Crippen LogP contribution in [-0.2, 0) is 22.9 Å². The Hall–Kier alpha value is -3.58. The number of carbonyl (C=O) groups is 1. The Morgan fingerprint density at radius 3 is 2.29 bits per heavy atom. The molecule has 158 valence electrons. The predicted octanol–water partition coefficient (Wildman–Crippen LogP) is 4.86. The van der Waals surface area contributed by atoms with Gasteiger partial charge in [0.1, 0.15) is 5.76 Å². The Morgan fingerprint density at radius 2 is 1.61 bits per heavy atom. The number of sulfone groups is 1. The van der Waals surface area contributed by atoms with Gasteiger partial charge < -0.3 is 13.7 Å². The molecule has 0 saturated heterocycles. The van der Waals surface area contributed by atoms with Gasteiger partial charge in [-0.1, -0.05) is 48.0 Å². The third-order valence-corrected chi connectivity index (χ3v) is 6.46. The summed E-state index contributed by atoms with van der Waals surface area (Å²) in [4.78, 5) is 14.9. The van der Waals surface area contributed by atoms with Gasteiger partial charge in [0, 0.05) is 6.54 Å². The molecule has 0 unspecified atom stereocenters. The number of hydrogen-bond donors (Lipinski definition) is 0. The summed E-state index contributed by atoms with van der Waals surface area (Å²) in [6, 6.07) is 22.1. The van der Waals surface area contributed by atoms with Gasteiger partial charge in [-0.25, -0.2) is 8.42 Å². The van der Waals surface area contributed by atoms with Crippen LogP contribution in [0, 0.1) is 6.92 Å². The number of amides is 1. The van der Waals surface area contributed by atoms with Crippen molar-refractivity contribution in [2.75, 3.05) is 0 Å². The fraction of sp³-hybridized carbons (Fsp3) is 0.125. The molecule has 4 rings (SSSR count). The first kappa shape index (κ1) is 20.7. The van der Waals surface area contributed by atoms with Crippen molar-refractivity contribution < 1.29 is 22.0 Å². The van der Waals surface area contributed by atoms with E-state index in [1.807, 2.05) is 31.2 Å². The van der Waals surface area contributed by atoms with Gasteiger partial charge in [0.2, 0.25) is 14.9 Å². The van der Waals surface area contributed by atoms with Gasteiger partial charge in [0.05, 0.1) is 17.7 Å². The Balaban J connectivity index is 1.61. The molecule has 1 amide bonds. The minimum absolute atomic E-state index is 0.0480. The van der Waals surface area contributed by atoms with Gasteiger partial charge in [-0.2, -0.15) is 0 Å². The highest BCUT2D eigenvalue weighted by Crippen LogP contribution is 2.24. The number of aryl methyl sites for hydroxylation is 1. The van der Waals surface area contributed by atoms with E-state index in [4.69, 9.17) is 8.83 Å². The highest BCUT2D eigenvalue weighted by Gasteiger charge is 2.26. The van der Waals surface area contributed by atoms with Gasteiger partial charge in [-0.05, 0) is 48.9 Å². The molecule has 0 atom stereocenters. The van der Waals surface area contributed by atoms with Gasteiger partial charge in [-0.15, -0.1) is 0 Å². The first-order valence-corrected chi connectivity index (χ1v) is 11.2. The van der Waals surface area contributed by atoms with Gasteiger partial charge in [0.15, 0.2) is 5.76 Å². The van der Waals surface area contributed by atoms with E-state index in [9.17, 15) is 13.2 Å². The third-order valence-electron chi connectivity index (χ3n) is 4.82. The second-order valence-corrected chi connectivity index (χ2v) is 9.04. The summed E-state index contributed by atoms with van der Waals surface area (Å²) in [6.07, 6.45) is 1.54. The summed E-state index contributed by atoms with van der Waals surface area (Å²) in [5, 5.41) is -0.268. The topological polar surface area (TPSA) is 80.7 Å². The fourth-order valence-electron chi connectivity index (χ4n) is 3.16. The van der Waals surface area contributed by atoms with E-state index in [1.54, 1.807) is 41.5 Å². The van der Waals surface area contributed by atoms with E-state index in [-0.39, 0.29) is 22.3 Å². The van der Waals surface area contributed by atoms with Gasteiger partial charge in [0.25, 0.3) is 5.91 Å². The molecular formula is C24H21NO5S. The molecule has 0 radical (unpaired) electrons. The van der Waals surface area contributed by atoms with Crippen LogP contribution in [0.2, 0.25) is 0 Å². The van der Waals surface area contributed by atoms with Gasteiger partial charge in [-0.3, -0.25) is 4.79 Å². The minimum Gasteiger partial charge on any atom is -0.467 e. The Labute approximate surface area is 180 Å². The number of nitrogens with zero attached hydrogens (tertiary/aromatic N) is 1. The van der Waals surface area contributed by atoms with Crippen molar-refractivity contribution in [3.63, 3.8) is 0 Å². The first-order valence-electron chi connectivity index (χ1n) is 9.71. The number of rotatable bonds is 7. The highest BCUT2D eigenvalue weighted by atomic mass is 32.2. The molecule has 0 aliphatic rings. The minimum atomic E-state index is -3.85. The van der Waals surface area contributed by atoms with E-state index in [0.717, 1.165) is 11.1 Å². The fourth-order valence-corrected chi connectivity index (χ4v) is 4.35. The molecular weight excluding hydrogens is 414 g/mol. The summed E-state index contributed by atoms with van der Waals surface area (Å²) in [6.45, 7) is 2.54. The van der Waals surface area contributed by atoms with Crippen LogP contribution in [0.25, 0.3) is 0 Å². The number of carbonyl (C=O) groups excluding carboxylic acids is 1. The van der Waals surface area contributed by atoms with E-state index in [2.05, 4.69) is 0 Å². The molecule has 4 aromatic rings. The van der Waals surface area contributed by atoms with Crippen LogP contribution in [0.15, 0.2) is 104 Å². The normalized spacial score (nSPS) is 11.4. The van der Waals surface area contributed by atoms with Crippen LogP contribution >= 0.6 is 0 Å². The molecule has 6 nitrogen and oxygen atoms in total. The van der Waals surface area contributed by atoms with Crippen molar-refractivity contribution in [2.45, 2.75) is 30.0 Å². The van der Waals surface area contributed by atoms with Crippen LogP contribution in [-0.4, -0.2) is 19.2 Å². The monoisotopic (exact) mass is 435 g/mol. The zero-order chi connectivity index (χ0) is 21.8. The molecule has 7 heteroatoms. The lowest BCUT2D eigenvalue weighted by atomic mass is 10.1. The van der Waals surface area contributed by atoms with Crippen molar-refractivity contribution >= 4 is 15.7 Å². The second-order valence-electron chi connectivity index (χ2n) is 7.16. The number of hydrogen-bond acceptors (Lipinski definition) is 5. The van der Waals surface area contributed by atoms with Crippen molar-refractivity contribution in [3.05, 3.63) is 108 Å². The molecule has 0 aliphatic carbocycles. The zero-order valence-corrected chi connectivity index (χ0v) is 17.7. The van der Waals surface area contributed by atoms with Crippen LogP contribution in [0.3, 0.4) is 0 Å². The summed E-state index contributed by atoms with van der Waals surface area (Å²) < 4.78 is 36.5. The third kappa shape index (κ3) is 4.62. The predicted molar refractivity (Wildman–Crippen MR) is 114 cm³/mol. The SMILES string of the molecule is Cc1ccc(CN(Cc2ccco2)C(=O)c2ccc(S(=O)(=O)c3ccccc3)o2)cc1. The standard InChI is InChI=1S/C24H21NO5S/c1-18-9-11-19(12-10-18)16-25(17-20-6-5-15-29-20)24(26)22-13-14-23(30-22)31(27,28)21-7-3-2-4-8-21/h2-15H,16-17H2,1H3. The largest absolute Gasteiger partial charge is 0.467 e. The lowest BCUT2D eigenvalue weighted by Gasteiger charge is -2.21. The second kappa shape index (κ2) is 8.65. The summed E-state index contributed by atoms with van der Waals surface area (Å²) >= 11 is 0. The molecule has 0 aliphatic heterocycles. The molecule has 0 spiro atoms. The van der Waals surface area contributed by atoms with Crippen molar-refractivity contribution in [1.29, 1.82) is 0 Å². The molecule has 2 aromatic heterocycles. The Morgan fingerprint density at radius 1 is 0.871 bits per heavy atom. The lowest BCUT2D eigenvalue weighted by molar-refractivity contribution is 0.0679. The van der Waals surface area contributed by atoms with Crippen LogP contribution in [0.1, 0.15) is 27.4 Å². The molecule has 2 heterocycles. The number of benzene rings is 2. The molecule has 0 bridgehead atoms. The van der Waals surface area contributed by atoms with Crippen molar-refractivity contribution in [1.82, 2.24) is 4.90 Å². The summed E-state index contributed by atoms with van der Waals surface area (Å²) in [7, 11) is -3.85. The van der Waals surface area contributed by atoms with Crippen molar-refractivity contribution in [3.8, 4) is 0 Å². The van der Waals surface area contributed by atoms with E-state index in [1.165, 1.54) is 24.3 Å². The Kier molecular flexibility index (Phi) is 5.77. The van der Waals surface area contributed by atoms with E-state index >= 15 is 0 Å². The summed E-state index contributed by atoms with van der Waals surface area (Å²) in [5.41, 5.74) is 2.06. The zero-order valence-electron chi connectivity index (χ0n) is 16.9. The van der Waals surface area contributed by atoms with Crippen LogP contribution in [0.4, 0.5) is 0 Å². The lowest BCUT2D eigenvalue weighted by Crippen LogP contribution is -2.29. The molecule has 0 fully saturated rings. The smallest absolute Gasteiger partial charge is 0.290 e. The maximum Gasteiger partial charge on any atom is 0.290 e. The first-order chi connectivity index (χ1) is 14.9. The van der Waals surface area contributed by atoms with Crippen molar-refractivity contribution in [2.24, 2.45) is 0 Å². The summed E-state index contributed by atoms with van der Waals surface area (Å²) in [5.74, 6) is 0.142. The Bertz CT molecular complexity index is 1260. The number of furan rings is 2. The maximum absolute atomic E-state index is 13.2. The molecule has 31 heavy (non-hydrogen) atoms.